The molecule has 5 nitrogen and oxygen atoms in total. The van der Waals surface area contributed by atoms with Gasteiger partial charge in [-0.15, -0.1) is 0 Å². The molecule has 0 aliphatic carbocycles. The molecule has 1 amide bonds. The first-order chi connectivity index (χ1) is 9.14. The van der Waals surface area contributed by atoms with Gasteiger partial charge in [-0.2, -0.15) is 0 Å². The number of hydrogen-bond acceptors (Lipinski definition) is 4. The average Bonchev–Trinajstić information content (AvgIpc) is 2.46. The van der Waals surface area contributed by atoms with Gasteiger partial charge in [-0.05, 0) is 25.0 Å². The molecule has 5 heteroatoms. The molecule has 19 heavy (non-hydrogen) atoms. The van der Waals surface area contributed by atoms with Crippen molar-refractivity contribution in [1.29, 1.82) is 0 Å². The summed E-state index contributed by atoms with van der Waals surface area (Å²) in [5.41, 5.74) is 6.01. The van der Waals surface area contributed by atoms with Crippen LogP contribution in [0.15, 0.2) is 24.4 Å². The lowest BCUT2D eigenvalue weighted by Gasteiger charge is -2.37. The van der Waals surface area contributed by atoms with E-state index in [1.807, 2.05) is 25.1 Å². The van der Waals surface area contributed by atoms with Crippen LogP contribution in [0, 0.1) is 0 Å². The zero-order valence-electron chi connectivity index (χ0n) is 11.3. The first kappa shape index (κ1) is 14.0. The van der Waals surface area contributed by atoms with Crippen molar-refractivity contribution in [2.24, 2.45) is 5.73 Å². The fourth-order valence-corrected chi connectivity index (χ4v) is 2.25. The first-order valence-corrected chi connectivity index (χ1v) is 6.73. The molecule has 1 aromatic rings. The lowest BCUT2D eigenvalue weighted by atomic mass is 9.90. The van der Waals surface area contributed by atoms with Crippen molar-refractivity contribution in [2.45, 2.75) is 31.7 Å². The van der Waals surface area contributed by atoms with Crippen LogP contribution in [0.5, 0.6) is 0 Å². The van der Waals surface area contributed by atoms with E-state index in [4.69, 9.17) is 10.5 Å². The summed E-state index contributed by atoms with van der Waals surface area (Å²) in [5.74, 6) is 0.723. The molecule has 0 atom stereocenters. The number of anilines is 1. The van der Waals surface area contributed by atoms with E-state index in [0.717, 1.165) is 12.8 Å². The molecule has 0 unspecified atom stereocenters. The highest BCUT2D eigenvalue weighted by Gasteiger charge is 2.32. The molecular weight excluding hydrogens is 242 g/mol. The van der Waals surface area contributed by atoms with Crippen molar-refractivity contribution in [3.8, 4) is 0 Å². The summed E-state index contributed by atoms with van der Waals surface area (Å²) in [4.78, 5) is 18.1. The predicted octanol–water partition coefficient (Wildman–Crippen LogP) is 1.33. The van der Waals surface area contributed by atoms with Crippen LogP contribution < -0.4 is 10.6 Å². The van der Waals surface area contributed by atoms with E-state index in [1.165, 1.54) is 0 Å². The Hall–Kier alpha value is -1.46. The number of carbonyl (C=O) groups is 1. The number of nitrogens with two attached hydrogens (primary N) is 1. The highest BCUT2D eigenvalue weighted by Crippen LogP contribution is 2.22. The molecule has 0 aromatic carbocycles. The molecule has 1 aromatic heterocycles. The smallest absolute Gasteiger partial charge is 0.227 e. The van der Waals surface area contributed by atoms with Gasteiger partial charge in [0.15, 0.2) is 0 Å². The second-order valence-electron chi connectivity index (χ2n) is 5.00. The lowest BCUT2D eigenvalue weighted by Crippen LogP contribution is -2.55. The maximum atomic E-state index is 12.1. The van der Waals surface area contributed by atoms with Crippen molar-refractivity contribution in [1.82, 2.24) is 4.98 Å². The molecule has 1 aliphatic heterocycles. The van der Waals surface area contributed by atoms with Crippen molar-refractivity contribution in [2.75, 3.05) is 24.7 Å². The van der Waals surface area contributed by atoms with Gasteiger partial charge in [0.2, 0.25) is 5.91 Å². The summed E-state index contributed by atoms with van der Waals surface area (Å²) in [6.07, 6.45) is 3.68. The summed E-state index contributed by atoms with van der Waals surface area (Å²) in [6.45, 7) is 3.67. The van der Waals surface area contributed by atoms with Crippen molar-refractivity contribution >= 4 is 11.7 Å². The molecule has 0 saturated carbocycles. The summed E-state index contributed by atoms with van der Waals surface area (Å²) in [5, 5.41) is 0. The average molecular weight is 263 g/mol. The van der Waals surface area contributed by atoms with Gasteiger partial charge in [0.25, 0.3) is 0 Å². The van der Waals surface area contributed by atoms with E-state index in [-0.39, 0.29) is 11.4 Å². The van der Waals surface area contributed by atoms with E-state index in [0.29, 0.717) is 32.0 Å². The number of rotatable bonds is 4. The Morgan fingerprint density at radius 3 is 2.79 bits per heavy atom. The van der Waals surface area contributed by atoms with E-state index >= 15 is 0 Å². The minimum atomic E-state index is -0.374. The van der Waals surface area contributed by atoms with Crippen LogP contribution in [0.1, 0.15) is 26.2 Å². The van der Waals surface area contributed by atoms with Crippen LogP contribution in [0.3, 0.4) is 0 Å². The summed E-state index contributed by atoms with van der Waals surface area (Å²) >= 11 is 0. The zero-order chi connectivity index (χ0) is 13.7. The largest absolute Gasteiger partial charge is 0.381 e. The Morgan fingerprint density at radius 1 is 1.47 bits per heavy atom. The standard InChI is InChI=1S/C14H21N3O2/c1-2-13(18)17(12-5-3-4-8-16-12)11-14(15)6-9-19-10-7-14/h3-5,8H,2,6-7,9-11,15H2,1H3. The molecule has 0 radical (unpaired) electrons. The maximum Gasteiger partial charge on any atom is 0.227 e. The lowest BCUT2D eigenvalue weighted by molar-refractivity contribution is -0.118. The number of ether oxygens (including phenoxy) is 1. The van der Waals surface area contributed by atoms with Gasteiger partial charge in [-0.1, -0.05) is 13.0 Å². The Morgan fingerprint density at radius 2 is 2.21 bits per heavy atom. The number of nitrogens with zero attached hydrogens (tertiary/aromatic N) is 2. The van der Waals surface area contributed by atoms with Crippen molar-refractivity contribution in [3.05, 3.63) is 24.4 Å². The second-order valence-corrected chi connectivity index (χ2v) is 5.00. The van der Waals surface area contributed by atoms with E-state index in [2.05, 4.69) is 4.98 Å². The first-order valence-electron chi connectivity index (χ1n) is 6.73. The van der Waals surface area contributed by atoms with Gasteiger partial charge in [0.1, 0.15) is 5.82 Å². The van der Waals surface area contributed by atoms with Gasteiger partial charge < -0.3 is 10.5 Å². The molecule has 104 valence electrons. The van der Waals surface area contributed by atoms with Crippen molar-refractivity contribution < 1.29 is 9.53 Å². The predicted molar refractivity (Wildman–Crippen MR) is 73.9 cm³/mol. The Balaban J connectivity index is 2.17. The third-order valence-electron chi connectivity index (χ3n) is 3.49. The van der Waals surface area contributed by atoms with E-state index in [9.17, 15) is 4.79 Å². The molecule has 0 bridgehead atoms. The van der Waals surface area contributed by atoms with Crippen LogP contribution in [-0.2, 0) is 9.53 Å². The molecule has 2 heterocycles. The molecule has 1 fully saturated rings. The van der Waals surface area contributed by atoms with Gasteiger partial charge in [-0.25, -0.2) is 4.98 Å². The van der Waals surface area contributed by atoms with Crippen LogP contribution in [0.4, 0.5) is 5.82 Å². The minimum Gasteiger partial charge on any atom is -0.381 e. The number of amides is 1. The zero-order valence-corrected chi connectivity index (χ0v) is 11.3. The summed E-state index contributed by atoms with van der Waals surface area (Å²) in [7, 11) is 0. The summed E-state index contributed by atoms with van der Waals surface area (Å²) in [6, 6.07) is 5.56. The van der Waals surface area contributed by atoms with E-state index < -0.39 is 0 Å². The normalized spacial score (nSPS) is 18.0. The van der Waals surface area contributed by atoms with Crippen molar-refractivity contribution in [3.63, 3.8) is 0 Å². The summed E-state index contributed by atoms with van der Waals surface area (Å²) < 4.78 is 5.34. The molecule has 2 rings (SSSR count). The molecular formula is C14H21N3O2. The Bertz CT molecular complexity index is 416. The SMILES string of the molecule is CCC(=O)N(CC1(N)CCOCC1)c1ccccn1. The third-order valence-corrected chi connectivity index (χ3v) is 3.49. The fraction of sp³-hybridized carbons (Fsp3) is 0.571. The van der Waals surface area contributed by atoms with Crippen LogP contribution >= 0.6 is 0 Å². The fourth-order valence-electron chi connectivity index (χ4n) is 2.25. The maximum absolute atomic E-state index is 12.1. The quantitative estimate of drug-likeness (QED) is 0.890. The number of hydrogen-bond donors (Lipinski definition) is 1. The van der Waals surface area contributed by atoms with Crippen LogP contribution in [-0.4, -0.2) is 36.2 Å². The van der Waals surface area contributed by atoms with Crippen LogP contribution in [0.25, 0.3) is 0 Å². The topological polar surface area (TPSA) is 68.5 Å². The highest BCUT2D eigenvalue weighted by atomic mass is 16.5. The number of aromatic nitrogens is 1. The molecule has 0 spiro atoms. The Labute approximate surface area is 113 Å². The van der Waals surface area contributed by atoms with Gasteiger partial charge in [-0.3, -0.25) is 9.69 Å². The van der Waals surface area contributed by atoms with Gasteiger partial charge >= 0.3 is 0 Å². The monoisotopic (exact) mass is 263 g/mol. The molecule has 2 N–H and O–H groups in total. The highest BCUT2D eigenvalue weighted by molar-refractivity contribution is 5.92. The molecule has 1 aliphatic rings. The molecule has 1 saturated heterocycles. The van der Waals surface area contributed by atoms with Crippen LogP contribution in [0.2, 0.25) is 0 Å². The Kier molecular flexibility index (Phi) is 4.50. The number of pyridine rings is 1. The third kappa shape index (κ3) is 3.52. The van der Waals surface area contributed by atoms with Gasteiger partial charge in [0, 0.05) is 37.9 Å². The van der Waals surface area contributed by atoms with Gasteiger partial charge in [0.05, 0.1) is 0 Å². The minimum absolute atomic E-state index is 0.0509. The number of carbonyl (C=O) groups excluding carboxylic acids is 1. The van der Waals surface area contributed by atoms with E-state index in [1.54, 1.807) is 11.1 Å². The second kappa shape index (κ2) is 6.12.